The van der Waals surface area contributed by atoms with Crippen molar-refractivity contribution < 1.29 is 9.18 Å². The summed E-state index contributed by atoms with van der Waals surface area (Å²) in [5.74, 6) is -0.779. The van der Waals surface area contributed by atoms with E-state index < -0.39 is 5.82 Å². The Bertz CT molecular complexity index is 797. The Kier molecular flexibility index (Phi) is 3.20. The standard InChI is InChI=1S/C15H11FN2OS/c1-9-17-13-7-6-10(8-14(13)20-9)15(19)18-12-5-3-2-4-11(12)16/h2-8H,1H3,(H,18,19). The van der Waals surface area contributed by atoms with Gasteiger partial charge in [-0.25, -0.2) is 9.37 Å². The van der Waals surface area contributed by atoms with Gasteiger partial charge in [-0.2, -0.15) is 0 Å². The smallest absolute Gasteiger partial charge is 0.255 e. The van der Waals surface area contributed by atoms with Crippen LogP contribution in [0, 0.1) is 12.7 Å². The number of nitrogens with zero attached hydrogens (tertiary/aromatic N) is 1. The summed E-state index contributed by atoms with van der Waals surface area (Å²) in [4.78, 5) is 16.5. The first-order valence-corrected chi connectivity index (χ1v) is 6.88. The normalized spacial score (nSPS) is 10.7. The van der Waals surface area contributed by atoms with Crippen LogP contribution in [-0.2, 0) is 0 Å². The van der Waals surface area contributed by atoms with Crippen LogP contribution in [0.3, 0.4) is 0 Å². The van der Waals surface area contributed by atoms with Crippen LogP contribution < -0.4 is 5.32 Å². The molecule has 0 aliphatic rings. The number of para-hydroxylation sites is 1. The van der Waals surface area contributed by atoms with Gasteiger partial charge in [0.1, 0.15) is 5.82 Å². The van der Waals surface area contributed by atoms with Gasteiger partial charge in [0.15, 0.2) is 0 Å². The predicted molar refractivity (Wildman–Crippen MR) is 78.7 cm³/mol. The maximum atomic E-state index is 13.5. The molecule has 5 heteroatoms. The number of nitrogens with one attached hydrogen (secondary N) is 1. The quantitative estimate of drug-likeness (QED) is 0.773. The Labute approximate surface area is 119 Å². The van der Waals surface area contributed by atoms with Crippen LogP contribution in [0.15, 0.2) is 42.5 Å². The molecule has 3 aromatic rings. The molecule has 3 rings (SSSR count). The summed E-state index contributed by atoms with van der Waals surface area (Å²) >= 11 is 1.53. The van der Waals surface area contributed by atoms with E-state index in [0.717, 1.165) is 15.2 Å². The van der Waals surface area contributed by atoms with Crippen molar-refractivity contribution in [2.75, 3.05) is 5.32 Å². The Morgan fingerprint density at radius 1 is 1.25 bits per heavy atom. The molecule has 1 N–H and O–H groups in total. The molecule has 100 valence electrons. The van der Waals surface area contributed by atoms with Crippen LogP contribution in [0.1, 0.15) is 15.4 Å². The highest BCUT2D eigenvalue weighted by molar-refractivity contribution is 7.18. The number of benzene rings is 2. The van der Waals surface area contributed by atoms with Crippen molar-refractivity contribution in [2.45, 2.75) is 6.92 Å². The molecular weight excluding hydrogens is 275 g/mol. The second-order valence-corrected chi connectivity index (χ2v) is 5.58. The fourth-order valence-electron chi connectivity index (χ4n) is 1.94. The molecule has 0 aliphatic carbocycles. The minimum absolute atomic E-state index is 0.179. The number of aromatic nitrogens is 1. The topological polar surface area (TPSA) is 42.0 Å². The molecule has 2 aromatic carbocycles. The number of anilines is 1. The Balaban J connectivity index is 1.90. The highest BCUT2D eigenvalue weighted by Gasteiger charge is 2.10. The summed E-state index contributed by atoms with van der Waals surface area (Å²) in [6.45, 7) is 1.92. The fourth-order valence-corrected chi connectivity index (χ4v) is 2.80. The molecule has 20 heavy (non-hydrogen) atoms. The van der Waals surface area contributed by atoms with Crippen molar-refractivity contribution in [3.63, 3.8) is 0 Å². The maximum Gasteiger partial charge on any atom is 0.255 e. The van der Waals surface area contributed by atoms with Crippen LogP contribution in [-0.4, -0.2) is 10.9 Å². The van der Waals surface area contributed by atoms with E-state index in [1.807, 2.05) is 6.92 Å². The first-order chi connectivity index (χ1) is 9.63. The monoisotopic (exact) mass is 286 g/mol. The van der Waals surface area contributed by atoms with Gasteiger partial charge in [0.05, 0.1) is 20.9 Å². The summed E-state index contributed by atoms with van der Waals surface area (Å²) < 4.78 is 14.4. The van der Waals surface area contributed by atoms with Gasteiger partial charge in [-0.1, -0.05) is 12.1 Å². The van der Waals surface area contributed by atoms with Gasteiger partial charge < -0.3 is 5.32 Å². The van der Waals surface area contributed by atoms with Gasteiger partial charge in [-0.15, -0.1) is 11.3 Å². The van der Waals surface area contributed by atoms with Crippen molar-refractivity contribution in [2.24, 2.45) is 0 Å². The van der Waals surface area contributed by atoms with Crippen molar-refractivity contribution in [1.82, 2.24) is 4.98 Å². The number of fused-ring (bicyclic) bond motifs is 1. The Hall–Kier alpha value is -2.27. The zero-order chi connectivity index (χ0) is 14.1. The zero-order valence-corrected chi connectivity index (χ0v) is 11.5. The van der Waals surface area contributed by atoms with E-state index in [1.54, 1.807) is 30.3 Å². The van der Waals surface area contributed by atoms with Gasteiger partial charge in [0.25, 0.3) is 5.91 Å². The molecule has 1 amide bonds. The molecule has 0 spiro atoms. The molecular formula is C15H11FN2OS. The van der Waals surface area contributed by atoms with E-state index >= 15 is 0 Å². The number of amides is 1. The number of carbonyl (C=O) groups excluding carboxylic acids is 1. The molecule has 0 fully saturated rings. The number of thiazole rings is 1. The van der Waals surface area contributed by atoms with E-state index in [1.165, 1.54) is 23.5 Å². The van der Waals surface area contributed by atoms with Gasteiger partial charge in [-0.05, 0) is 37.3 Å². The lowest BCUT2D eigenvalue weighted by Gasteiger charge is -2.06. The van der Waals surface area contributed by atoms with Gasteiger partial charge in [-0.3, -0.25) is 4.79 Å². The molecule has 0 unspecified atom stereocenters. The highest BCUT2D eigenvalue weighted by Crippen LogP contribution is 2.23. The lowest BCUT2D eigenvalue weighted by Crippen LogP contribution is -2.12. The minimum Gasteiger partial charge on any atom is -0.319 e. The third kappa shape index (κ3) is 2.40. The van der Waals surface area contributed by atoms with Crippen molar-refractivity contribution in [1.29, 1.82) is 0 Å². The van der Waals surface area contributed by atoms with E-state index in [9.17, 15) is 9.18 Å². The fraction of sp³-hybridized carbons (Fsp3) is 0.0667. The number of hydrogen-bond acceptors (Lipinski definition) is 3. The Morgan fingerprint density at radius 3 is 2.85 bits per heavy atom. The zero-order valence-electron chi connectivity index (χ0n) is 10.7. The number of hydrogen-bond donors (Lipinski definition) is 1. The van der Waals surface area contributed by atoms with Crippen LogP contribution in [0.5, 0.6) is 0 Å². The SMILES string of the molecule is Cc1nc2ccc(C(=O)Nc3ccccc3F)cc2s1. The van der Waals surface area contributed by atoms with Crippen molar-refractivity contribution >= 4 is 33.1 Å². The van der Waals surface area contributed by atoms with Crippen molar-refractivity contribution in [3.8, 4) is 0 Å². The predicted octanol–water partition coefficient (Wildman–Crippen LogP) is 4.00. The second kappa shape index (κ2) is 5.02. The summed E-state index contributed by atoms with van der Waals surface area (Å²) in [6, 6.07) is 11.4. The number of aryl methyl sites for hydroxylation is 1. The lowest BCUT2D eigenvalue weighted by molar-refractivity contribution is 0.102. The van der Waals surface area contributed by atoms with E-state index in [2.05, 4.69) is 10.3 Å². The third-order valence-corrected chi connectivity index (χ3v) is 3.81. The number of halogens is 1. The molecule has 0 saturated carbocycles. The summed E-state index contributed by atoms with van der Waals surface area (Å²) in [5.41, 5.74) is 1.54. The Morgan fingerprint density at radius 2 is 2.05 bits per heavy atom. The molecule has 0 saturated heterocycles. The first-order valence-electron chi connectivity index (χ1n) is 6.06. The van der Waals surface area contributed by atoms with E-state index in [4.69, 9.17) is 0 Å². The lowest BCUT2D eigenvalue weighted by atomic mass is 10.2. The van der Waals surface area contributed by atoms with Gasteiger partial charge in [0.2, 0.25) is 0 Å². The molecule has 0 radical (unpaired) electrons. The summed E-state index contributed by atoms with van der Waals surface area (Å²) in [6.07, 6.45) is 0. The molecule has 3 nitrogen and oxygen atoms in total. The second-order valence-electron chi connectivity index (χ2n) is 4.35. The van der Waals surface area contributed by atoms with E-state index in [0.29, 0.717) is 5.56 Å². The highest BCUT2D eigenvalue weighted by atomic mass is 32.1. The van der Waals surface area contributed by atoms with Gasteiger partial charge in [0, 0.05) is 5.56 Å². The van der Waals surface area contributed by atoms with E-state index in [-0.39, 0.29) is 11.6 Å². The number of rotatable bonds is 2. The van der Waals surface area contributed by atoms with Crippen LogP contribution in [0.25, 0.3) is 10.2 Å². The third-order valence-electron chi connectivity index (χ3n) is 2.88. The largest absolute Gasteiger partial charge is 0.319 e. The molecule has 1 heterocycles. The van der Waals surface area contributed by atoms with Crippen LogP contribution >= 0.6 is 11.3 Å². The first kappa shape index (κ1) is 12.7. The minimum atomic E-state index is -0.449. The molecule has 0 bridgehead atoms. The van der Waals surface area contributed by atoms with Gasteiger partial charge >= 0.3 is 0 Å². The average Bonchev–Trinajstić information content (AvgIpc) is 2.80. The molecule has 0 aliphatic heterocycles. The van der Waals surface area contributed by atoms with Crippen LogP contribution in [0.4, 0.5) is 10.1 Å². The summed E-state index contributed by atoms with van der Waals surface area (Å²) in [5, 5.41) is 3.52. The number of carbonyl (C=O) groups is 1. The average molecular weight is 286 g/mol. The molecule has 0 atom stereocenters. The van der Waals surface area contributed by atoms with Crippen LogP contribution in [0.2, 0.25) is 0 Å². The summed E-state index contributed by atoms with van der Waals surface area (Å²) in [7, 11) is 0. The van der Waals surface area contributed by atoms with Crippen molar-refractivity contribution in [3.05, 3.63) is 58.9 Å². The maximum absolute atomic E-state index is 13.5. The molecule has 1 aromatic heterocycles.